The number of aromatic nitrogens is 1. The second-order valence-corrected chi connectivity index (χ2v) is 11.4. The number of hydrogen-bond acceptors (Lipinski definition) is 8. The average molecular weight is 693 g/mol. The van der Waals surface area contributed by atoms with Gasteiger partial charge in [0.2, 0.25) is 11.8 Å². The molecular weight excluding hydrogens is 650 g/mol. The summed E-state index contributed by atoms with van der Waals surface area (Å²) in [5.74, 6) is -2.52. The van der Waals surface area contributed by atoms with Crippen molar-refractivity contribution in [3.63, 3.8) is 0 Å². The number of anilines is 2. The Morgan fingerprint density at radius 3 is 1.98 bits per heavy atom. The van der Waals surface area contributed by atoms with Crippen molar-refractivity contribution in [2.45, 2.75) is 47.0 Å². The van der Waals surface area contributed by atoms with Crippen LogP contribution in [-0.4, -0.2) is 65.6 Å². The molecule has 1 aliphatic rings. The third-order valence-electron chi connectivity index (χ3n) is 8.11. The van der Waals surface area contributed by atoms with Gasteiger partial charge in [0.25, 0.3) is 0 Å². The Morgan fingerprint density at radius 1 is 0.800 bits per heavy atom. The summed E-state index contributed by atoms with van der Waals surface area (Å²) in [5, 5.41) is 14.6. The first-order valence-corrected chi connectivity index (χ1v) is 16.5. The molecule has 1 heterocycles. The van der Waals surface area contributed by atoms with Gasteiger partial charge in [0.1, 0.15) is 17.0 Å². The molecular formula is C37H42F2N4O7. The molecule has 266 valence electrons. The van der Waals surface area contributed by atoms with Gasteiger partial charge in [-0.25, -0.2) is 8.78 Å². The van der Waals surface area contributed by atoms with Crippen LogP contribution >= 0.6 is 0 Å². The van der Waals surface area contributed by atoms with Gasteiger partial charge in [-0.1, -0.05) is 20.8 Å². The molecule has 3 N–H and O–H groups in total. The zero-order chi connectivity index (χ0) is 36.3. The van der Waals surface area contributed by atoms with Crippen molar-refractivity contribution in [3.8, 4) is 23.0 Å². The van der Waals surface area contributed by atoms with Gasteiger partial charge < -0.3 is 34.9 Å². The first-order valence-electron chi connectivity index (χ1n) is 16.5. The highest BCUT2D eigenvalue weighted by molar-refractivity contribution is 6.16. The van der Waals surface area contributed by atoms with Crippen molar-refractivity contribution in [1.82, 2.24) is 9.88 Å². The van der Waals surface area contributed by atoms with Gasteiger partial charge in [0.05, 0.1) is 25.2 Å². The van der Waals surface area contributed by atoms with Crippen LogP contribution in [0.2, 0.25) is 0 Å². The zero-order valence-corrected chi connectivity index (χ0v) is 28.6. The standard InChI is InChI=1S/C31H27F2N3O7.C6H15N/c1-2-41-26-16-21-23(17-27(26)42-14-10-28(37)38)34-13-9-24(21)43-25-8-7-20(15-22(25)33)36-30(40)31(11-12-31)29(39)35-19-5-3-18(32)4-6-19;1-4-7(5-2)6-3/h3-9,13,15-17H,2,10-12,14H2,1H3,(H,35,39)(H,36,40)(H,37,38);4-6H2,1-3H3. The van der Waals surface area contributed by atoms with E-state index in [1.165, 1.54) is 62.2 Å². The van der Waals surface area contributed by atoms with Crippen LogP contribution in [0.5, 0.6) is 23.0 Å². The molecule has 0 atom stereocenters. The minimum absolute atomic E-state index is 0.0642. The topological polar surface area (TPSA) is 139 Å². The smallest absolute Gasteiger partial charge is 0.306 e. The third-order valence-corrected chi connectivity index (χ3v) is 8.11. The molecule has 0 radical (unpaired) electrons. The molecule has 0 unspecified atom stereocenters. The number of nitrogens with zero attached hydrogens (tertiary/aromatic N) is 2. The van der Waals surface area contributed by atoms with Crippen molar-refractivity contribution in [1.29, 1.82) is 0 Å². The molecule has 5 rings (SSSR count). The van der Waals surface area contributed by atoms with Gasteiger partial charge in [0, 0.05) is 35.1 Å². The number of fused-ring (bicyclic) bond motifs is 1. The van der Waals surface area contributed by atoms with E-state index in [2.05, 4.69) is 41.3 Å². The monoisotopic (exact) mass is 692 g/mol. The second kappa shape index (κ2) is 17.4. The minimum Gasteiger partial charge on any atom is -0.490 e. The van der Waals surface area contributed by atoms with Gasteiger partial charge in [-0.15, -0.1) is 0 Å². The predicted octanol–water partition coefficient (Wildman–Crippen LogP) is 7.26. The van der Waals surface area contributed by atoms with Gasteiger partial charge in [0.15, 0.2) is 23.1 Å². The second-order valence-electron chi connectivity index (χ2n) is 11.4. The van der Waals surface area contributed by atoms with E-state index in [0.717, 1.165) is 6.07 Å². The number of hydrogen-bond donors (Lipinski definition) is 3. The van der Waals surface area contributed by atoms with E-state index in [4.69, 9.17) is 19.3 Å². The van der Waals surface area contributed by atoms with Crippen molar-refractivity contribution < 1.29 is 42.5 Å². The van der Waals surface area contributed by atoms with Crippen LogP contribution in [0.15, 0.2) is 66.9 Å². The summed E-state index contributed by atoms with van der Waals surface area (Å²) in [6.07, 6.45) is 1.92. The Morgan fingerprint density at radius 2 is 1.42 bits per heavy atom. The number of carbonyl (C=O) groups is 3. The molecule has 2 amide bonds. The summed E-state index contributed by atoms with van der Waals surface area (Å²) in [4.78, 5) is 43.3. The lowest BCUT2D eigenvalue weighted by atomic mass is 10.0. The van der Waals surface area contributed by atoms with Crippen LogP contribution < -0.4 is 24.8 Å². The van der Waals surface area contributed by atoms with Crippen molar-refractivity contribution in [3.05, 3.63) is 78.5 Å². The molecule has 1 saturated carbocycles. The molecule has 0 saturated heterocycles. The number of ether oxygens (including phenoxy) is 3. The number of carboxylic acid groups (broad SMARTS) is 1. The molecule has 13 heteroatoms. The van der Waals surface area contributed by atoms with E-state index < -0.39 is 34.8 Å². The van der Waals surface area contributed by atoms with Gasteiger partial charge in [-0.3, -0.25) is 19.4 Å². The van der Waals surface area contributed by atoms with Crippen molar-refractivity contribution in [2.24, 2.45) is 5.41 Å². The fourth-order valence-corrected chi connectivity index (χ4v) is 5.01. The number of nitrogens with one attached hydrogen (secondary N) is 2. The first kappa shape index (κ1) is 37.5. The summed E-state index contributed by atoms with van der Waals surface area (Å²) >= 11 is 0. The number of pyridine rings is 1. The van der Waals surface area contributed by atoms with Crippen LogP contribution in [0.3, 0.4) is 0 Å². The van der Waals surface area contributed by atoms with Gasteiger partial charge in [-0.2, -0.15) is 0 Å². The highest BCUT2D eigenvalue weighted by Gasteiger charge is 2.56. The first-order chi connectivity index (χ1) is 24.0. The third kappa shape index (κ3) is 9.65. The Kier molecular flexibility index (Phi) is 13.0. The van der Waals surface area contributed by atoms with Crippen molar-refractivity contribution >= 4 is 40.1 Å². The Labute approximate surface area is 289 Å². The quantitative estimate of drug-likeness (QED) is 0.110. The fourth-order valence-electron chi connectivity index (χ4n) is 5.01. The molecule has 1 aliphatic carbocycles. The SMILES string of the molecule is CCN(CC)CC.CCOc1cc2c(Oc3ccc(NC(=O)C4(C(=O)Nc5ccc(F)cc5)CC4)cc3F)ccnc2cc1OCCC(=O)O. The van der Waals surface area contributed by atoms with Crippen LogP contribution in [-0.2, 0) is 14.4 Å². The zero-order valence-electron chi connectivity index (χ0n) is 28.6. The predicted molar refractivity (Wildman–Crippen MR) is 186 cm³/mol. The number of rotatable bonds is 15. The highest BCUT2D eigenvalue weighted by atomic mass is 19.1. The summed E-state index contributed by atoms with van der Waals surface area (Å²) in [5.41, 5.74) is -0.358. The van der Waals surface area contributed by atoms with Crippen LogP contribution in [0.4, 0.5) is 20.2 Å². The Bertz CT molecular complexity index is 1790. The fraction of sp³-hybridized carbons (Fsp3) is 0.351. The number of amides is 2. The van der Waals surface area contributed by atoms with E-state index in [9.17, 15) is 18.8 Å². The van der Waals surface area contributed by atoms with E-state index in [1.807, 2.05) is 0 Å². The van der Waals surface area contributed by atoms with E-state index in [0.29, 0.717) is 47.5 Å². The number of benzene rings is 3. The maximum absolute atomic E-state index is 15.2. The summed E-state index contributed by atoms with van der Waals surface area (Å²) < 4.78 is 45.4. The number of carbonyl (C=O) groups excluding carboxylic acids is 2. The lowest BCUT2D eigenvalue weighted by Crippen LogP contribution is -2.35. The maximum Gasteiger partial charge on any atom is 0.306 e. The van der Waals surface area contributed by atoms with E-state index in [1.54, 1.807) is 25.1 Å². The minimum atomic E-state index is -1.30. The highest BCUT2D eigenvalue weighted by Crippen LogP contribution is 2.47. The van der Waals surface area contributed by atoms with Crippen LogP contribution in [0, 0.1) is 17.0 Å². The summed E-state index contributed by atoms with van der Waals surface area (Å²) in [6, 6.07) is 13.8. The molecule has 1 fully saturated rings. The average Bonchev–Trinajstić information content (AvgIpc) is 3.91. The Balaban J connectivity index is 0.000000727. The van der Waals surface area contributed by atoms with Crippen molar-refractivity contribution in [2.75, 3.05) is 43.5 Å². The molecule has 50 heavy (non-hydrogen) atoms. The molecule has 0 bridgehead atoms. The summed E-state index contributed by atoms with van der Waals surface area (Å²) in [6.45, 7) is 12.2. The number of carboxylic acids is 1. The van der Waals surface area contributed by atoms with E-state index in [-0.39, 0.29) is 30.2 Å². The number of halogens is 2. The molecule has 3 aromatic carbocycles. The normalized spacial score (nSPS) is 12.8. The van der Waals surface area contributed by atoms with E-state index >= 15 is 4.39 Å². The van der Waals surface area contributed by atoms with Gasteiger partial charge >= 0.3 is 5.97 Å². The molecule has 0 aliphatic heterocycles. The lowest BCUT2D eigenvalue weighted by molar-refractivity contribution is -0.137. The van der Waals surface area contributed by atoms with Gasteiger partial charge in [-0.05, 0) is 87.9 Å². The number of aliphatic carboxylic acids is 1. The molecule has 1 aromatic heterocycles. The summed E-state index contributed by atoms with van der Waals surface area (Å²) in [7, 11) is 0. The largest absolute Gasteiger partial charge is 0.490 e. The maximum atomic E-state index is 15.2. The molecule has 11 nitrogen and oxygen atoms in total. The molecule has 0 spiro atoms. The van der Waals surface area contributed by atoms with Crippen LogP contribution in [0.25, 0.3) is 10.9 Å². The lowest BCUT2D eigenvalue weighted by Gasteiger charge is -2.16. The molecule has 4 aromatic rings. The Hall–Kier alpha value is -5.30. The van der Waals surface area contributed by atoms with Crippen LogP contribution in [0.1, 0.15) is 47.0 Å².